The molecule has 0 aliphatic carbocycles. The summed E-state index contributed by atoms with van der Waals surface area (Å²) in [4.78, 5) is 2.10. The maximum absolute atomic E-state index is 12.2. The third-order valence-electron chi connectivity index (χ3n) is 2.40. The van der Waals surface area contributed by atoms with Crippen LogP contribution in [0.5, 0.6) is 0 Å². The zero-order chi connectivity index (χ0) is 12.6. The zero-order valence-electron chi connectivity index (χ0n) is 9.64. The van der Waals surface area contributed by atoms with Crippen LogP contribution in [-0.4, -0.2) is 43.8 Å². The number of nitriles is 1. The van der Waals surface area contributed by atoms with E-state index in [0.717, 1.165) is 13.1 Å². The highest BCUT2D eigenvalue weighted by Gasteiger charge is 2.39. The summed E-state index contributed by atoms with van der Waals surface area (Å²) in [6.07, 6.45) is -4.43. The smallest absolute Gasteiger partial charge is 0.314 e. The molecule has 0 bridgehead atoms. The Labute approximate surface area is 94.2 Å². The molecule has 94 valence electrons. The summed E-state index contributed by atoms with van der Waals surface area (Å²) >= 11 is 0. The van der Waals surface area contributed by atoms with Crippen LogP contribution in [-0.2, 0) is 0 Å². The van der Waals surface area contributed by atoms with Crippen molar-refractivity contribution in [1.82, 2.24) is 10.2 Å². The minimum Gasteiger partial charge on any atom is -0.314 e. The van der Waals surface area contributed by atoms with Crippen LogP contribution in [0.1, 0.15) is 13.8 Å². The van der Waals surface area contributed by atoms with Crippen molar-refractivity contribution in [1.29, 1.82) is 5.26 Å². The second kappa shape index (κ2) is 7.47. The van der Waals surface area contributed by atoms with Gasteiger partial charge in [-0.2, -0.15) is 18.4 Å². The van der Waals surface area contributed by atoms with E-state index in [-0.39, 0.29) is 6.54 Å². The van der Waals surface area contributed by atoms with Gasteiger partial charge in [0.15, 0.2) is 5.92 Å². The molecule has 0 saturated heterocycles. The first kappa shape index (κ1) is 15.2. The Morgan fingerprint density at radius 2 is 1.88 bits per heavy atom. The van der Waals surface area contributed by atoms with Crippen molar-refractivity contribution in [2.75, 3.05) is 32.7 Å². The van der Waals surface area contributed by atoms with Gasteiger partial charge in [0.25, 0.3) is 0 Å². The standard InChI is InChI=1S/C10H18F3N3/c1-3-16(4-2)6-5-15-8-9(7-14)10(11,12)13/h9,15H,3-6,8H2,1-2H3. The normalized spacial score (nSPS) is 13.8. The van der Waals surface area contributed by atoms with E-state index in [1.807, 2.05) is 13.8 Å². The van der Waals surface area contributed by atoms with Gasteiger partial charge in [-0.15, -0.1) is 0 Å². The molecule has 0 saturated carbocycles. The van der Waals surface area contributed by atoms with Crippen LogP contribution in [0.15, 0.2) is 0 Å². The predicted molar refractivity (Wildman–Crippen MR) is 55.8 cm³/mol. The summed E-state index contributed by atoms with van der Waals surface area (Å²) in [7, 11) is 0. The molecule has 0 heterocycles. The van der Waals surface area contributed by atoms with Gasteiger partial charge in [0.2, 0.25) is 0 Å². The maximum atomic E-state index is 12.2. The highest BCUT2D eigenvalue weighted by atomic mass is 19.4. The Kier molecular flexibility index (Phi) is 7.10. The molecule has 0 amide bonds. The number of hydrogen-bond acceptors (Lipinski definition) is 3. The van der Waals surface area contributed by atoms with Gasteiger partial charge in [-0.25, -0.2) is 0 Å². The van der Waals surface area contributed by atoms with E-state index in [9.17, 15) is 13.2 Å². The molecule has 0 aromatic carbocycles. The summed E-state index contributed by atoms with van der Waals surface area (Å²) in [6.45, 7) is 6.58. The average Bonchev–Trinajstić information content (AvgIpc) is 2.22. The number of nitrogens with zero attached hydrogens (tertiary/aromatic N) is 2. The molecular formula is C10H18F3N3. The van der Waals surface area contributed by atoms with Gasteiger partial charge in [0, 0.05) is 19.6 Å². The van der Waals surface area contributed by atoms with Gasteiger partial charge in [-0.05, 0) is 13.1 Å². The SMILES string of the molecule is CCN(CC)CCNCC(C#N)C(F)(F)F. The molecule has 0 aliphatic heterocycles. The van der Waals surface area contributed by atoms with Gasteiger partial charge in [0.05, 0.1) is 6.07 Å². The molecule has 0 fully saturated rings. The Balaban J connectivity index is 3.77. The fourth-order valence-corrected chi connectivity index (χ4v) is 1.26. The van der Waals surface area contributed by atoms with Crippen molar-refractivity contribution in [3.8, 4) is 6.07 Å². The highest BCUT2D eigenvalue weighted by molar-refractivity contribution is 4.89. The Hall–Kier alpha value is -0.800. The molecule has 0 spiro atoms. The summed E-state index contributed by atoms with van der Waals surface area (Å²) in [5.74, 6) is -1.91. The maximum Gasteiger partial charge on any atom is 0.405 e. The summed E-state index contributed by atoms with van der Waals surface area (Å²) in [6, 6.07) is 1.26. The second-order valence-corrected chi connectivity index (χ2v) is 3.45. The van der Waals surface area contributed by atoms with Crippen molar-refractivity contribution in [2.45, 2.75) is 20.0 Å². The number of likely N-dealkylation sites (N-methyl/N-ethyl adjacent to an activating group) is 1. The van der Waals surface area contributed by atoms with Crippen molar-refractivity contribution in [2.24, 2.45) is 5.92 Å². The fourth-order valence-electron chi connectivity index (χ4n) is 1.26. The van der Waals surface area contributed by atoms with Gasteiger partial charge < -0.3 is 10.2 Å². The lowest BCUT2D eigenvalue weighted by Crippen LogP contribution is -2.37. The zero-order valence-corrected chi connectivity index (χ0v) is 9.64. The Morgan fingerprint density at radius 3 is 2.25 bits per heavy atom. The molecule has 1 unspecified atom stereocenters. The second-order valence-electron chi connectivity index (χ2n) is 3.45. The monoisotopic (exact) mass is 237 g/mol. The topological polar surface area (TPSA) is 39.1 Å². The average molecular weight is 237 g/mol. The first-order valence-electron chi connectivity index (χ1n) is 5.35. The molecule has 6 heteroatoms. The molecule has 0 aromatic rings. The number of alkyl halides is 3. The molecule has 0 aromatic heterocycles. The van der Waals surface area contributed by atoms with E-state index in [4.69, 9.17) is 5.26 Å². The Bertz CT molecular complexity index is 218. The van der Waals surface area contributed by atoms with Gasteiger partial charge in [-0.3, -0.25) is 0 Å². The third-order valence-corrected chi connectivity index (χ3v) is 2.40. The quantitative estimate of drug-likeness (QED) is 0.684. The Morgan fingerprint density at radius 1 is 1.31 bits per heavy atom. The van der Waals surface area contributed by atoms with Crippen LogP contribution >= 0.6 is 0 Å². The largest absolute Gasteiger partial charge is 0.405 e. The van der Waals surface area contributed by atoms with Crippen LogP contribution in [0.2, 0.25) is 0 Å². The van der Waals surface area contributed by atoms with Crippen molar-refractivity contribution < 1.29 is 13.2 Å². The van der Waals surface area contributed by atoms with E-state index in [2.05, 4.69) is 10.2 Å². The van der Waals surface area contributed by atoms with Crippen molar-refractivity contribution >= 4 is 0 Å². The van der Waals surface area contributed by atoms with Gasteiger partial charge in [-0.1, -0.05) is 13.8 Å². The number of nitrogens with one attached hydrogen (secondary N) is 1. The van der Waals surface area contributed by atoms with E-state index >= 15 is 0 Å². The number of halogens is 3. The molecule has 1 atom stereocenters. The van der Waals surface area contributed by atoms with Crippen LogP contribution in [0.25, 0.3) is 0 Å². The van der Waals surface area contributed by atoms with Crippen molar-refractivity contribution in [3.05, 3.63) is 0 Å². The van der Waals surface area contributed by atoms with Crippen LogP contribution in [0, 0.1) is 17.2 Å². The first-order chi connectivity index (χ1) is 7.45. The lowest BCUT2D eigenvalue weighted by molar-refractivity contribution is -0.157. The van der Waals surface area contributed by atoms with E-state index in [1.165, 1.54) is 6.07 Å². The molecule has 0 aliphatic rings. The summed E-state index contributed by atoms with van der Waals surface area (Å²) < 4.78 is 36.5. The van der Waals surface area contributed by atoms with E-state index in [0.29, 0.717) is 13.1 Å². The molecular weight excluding hydrogens is 219 g/mol. The highest BCUT2D eigenvalue weighted by Crippen LogP contribution is 2.24. The number of rotatable bonds is 7. The van der Waals surface area contributed by atoms with E-state index < -0.39 is 12.1 Å². The summed E-state index contributed by atoms with van der Waals surface area (Å²) in [5, 5.41) is 11.0. The summed E-state index contributed by atoms with van der Waals surface area (Å²) in [5.41, 5.74) is 0. The van der Waals surface area contributed by atoms with Crippen LogP contribution in [0.3, 0.4) is 0 Å². The number of hydrogen-bond donors (Lipinski definition) is 1. The lowest BCUT2D eigenvalue weighted by atomic mass is 10.1. The molecule has 3 nitrogen and oxygen atoms in total. The minimum absolute atomic E-state index is 0.332. The molecule has 0 rings (SSSR count). The van der Waals surface area contributed by atoms with Gasteiger partial charge >= 0.3 is 6.18 Å². The van der Waals surface area contributed by atoms with Gasteiger partial charge in [0.1, 0.15) is 0 Å². The third kappa shape index (κ3) is 5.93. The van der Waals surface area contributed by atoms with Crippen molar-refractivity contribution in [3.63, 3.8) is 0 Å². The molecule has 16 heavy (non-hydrogen) atoms. The van der Waals surface area contributed by atoms with Crippen LogP contribution in [0.4, 0.5) is 13.2 Å². The first-order valence-corrected chi connectivity index (χ1v) is 5.35. The van der Waals surface area contributed by atoms with E-state index in [1.54, 1.807) is 0 Å². The lowest BCUT2D eigenvalue weighted by Gasteiger charge is -2.19. The minimum atomic E-state index is -4.43. The predicted octanol–water partition coefficient (Wildman–Crippen LogP) is 1.62. The van der Waals surface area contributed by atoms with Crippen LogP contribution < -0.4 is 5.32 Å². The fraction of sp³-hybridized carbons (Fsp3) is 0.900. The molecule has 1 N–H and O–H groups in total. The molecule has 0 radical (unpaired) electrons.